The summed E-state index contributed by atoms with van der Waals surface area (Å²) < 4.78 is 27.4. The fourth-order valence-corrected chi connectivity index (χ4v) is 4.20. The molecule has 1 fully saturated rings. The molecule has 0 unspecified atom stereocenters. The van der Waals surface area contributed by atoms with Gasteiger partial charge in [0.1, 0.15) is 24.1 Å². The molecule has 0 radical (unpaired) electrons. The number of non-ortho nitro benzene ring substituents is 1. The van der Waals surface area contributed by atoms with Crippen molar-refractivity contribution in [2.24, 2.45) is 0 Å². The molecule has 37 heavy (non-hydrogen) atoms. The summed E-state index contributed by atoms with van der Waals surface area (Å²) in [5, 5.41) is 41.4. The van der Waals surface area contributed by atoms with Gasteiger partial charge in [0.25, 0.3) is 5.69 Å². The van der Waals surface area contributed by atoms with E-state index in [1.807, 2.05) is 0 Å². The van der Waals surface area contributed by atoms with Crippen molar-refractivity contribution in [1.29, 1.82) is 0 Å². The molecule has 0 saturated carbocycles. The number of aliphatic hydroxyl groups is 3. The fraction of sp³-hybridized carbons (Fsp3) is 0.292. The average molecular weight is 511 g/mol. The van der Waals surface area contributed by atoms with Crippen molar-refractivity contribution in [2.45, 2.75) is 31.0 Å². The number of nitrogens with zero attached hydrogens (tertiary/aromatic N) is 5. The lowest BCUT2D eigenvalue weighted by atomic mass is 10.1. The third-order valence-electron chi connectivity index (χ3n) is 6.06. The Morgan fingerprint density at radius 3 is 2.43 bits per heavy atom. The summed E-state index contributed by atoms with van der Waals surface area (Å²) in [6.45, 7) is -0.479. The van der Waals surface area contributed by atoms with E-state index in [-0.39, 0.29) is 35.2 Å². The number of aromatic nitrogens is 4. The SMILES string of the molecule is O=[N+]([O-])c1ccc(CCOc2nc(F)nc3c2nc(-c2ccccc2)n3[C@@H]2O[C@H](CO)[C@@H](O)[C@H]2O)cc1. The fourth-order valence-electron chi connectivity index (χ4n) is 4.20. The number of hydrogen-bond acceptors (Lipinski definition) is 10. The molecule has 2 aromatic carbocycles. The second-order valence-electron chi connectivity index (χ2n) is 8.39. The minimum Gasteiger partial charge on any atom is -0.476 e. The number of benzene rings is 2. The summed E-state index contributed by atoms with van der Waals surface area (Å²) in [7, 11) is 0. The molecule has 3 heterocycles. The second-order valence-corrected chi connectivity index (χ2v) is 8.39. The number of aliphatic hydroxyl groups excluding tert-OH is 3. The summed E-state index contributed by atoms with van der Waals surface area (Å²) in [6, 6.07) is 14.8. The Morgan fingerprint density at radius 1 is 1.05 bits per heavy atom. The van der Waals surface area contributed by atoms with Crippen molar-refractivity contribution in [3.63, 3.8) is 0 Å². The molecule has 192 valence electrons. The van der Waals surface area contributed by atoms with Gasteiger partial charge in [0.15, 0.2) is 17.4 Å². The van der Waals surface area contributed by atoms with E-state index >= 15 is 0 Å². The van der Waals surface area contributed by atoms with Crippen molar-refractivity contribution in [3.05, 3.63) is 76.4 Å². The molecule has 0 spiro atoms. The largest absolute Gasteiger partial charge is 0.476 e. The van der Waals surface area contributed by atoms with Crippen molar-refractivity contribution in [2.75, 3.05) is 13.2 Å². The van der Waals surface area contributed by atoms with E-state index in [4.69, 9.17) is 9.47 Å². The highest BCUT2D eigenvalue weighted by molar-refractivity contribution is 5.81. The van der Waals surface area contributed by atoms with Crippen LogP contribution in [0, 0.1) is 16.2 Å². The summed E-state index contributed by atoms with van der Waals surface area (Å²) in [5.74, 6) is 0.109. The Kier molecular flexibility index (Phi) is 6.76. The van der Waals surface area contributed by atoms with Gasteiger partial charge in [-0.05, 0) is 5.56 Å². The van der Waals surface area contributed by atoms with Crippen LogP contribution in [0.4, 0.5) is 10.1 Å². The molecule has 13 heteroatoms. The standard InChI is InChI=1S/C24H22FN5O7/c25-24-27-21-17(22(28-24)36-11-10-13-6-8-15(9-7-13)30(34)35)26-20(14-4-2-1-3-5-14)29(21)23-19(33)18(32)16(12-31)37-23/h1-9,16,18-19,23,31-33H,10-12H2/t16-,18-,19-,23-/m1/s1. The van der Waals surface area contributed by atoms with E-state index in [2.05, 4.69) is 15.0 Å². The third-order valence-corrected chi connectivity index (χ3v) is 6.06. The quantitative estimate of drug-likeness (QED) is 0.180. The van der Waals surface area contributed by atoms with Crippen molar-refractivity contribution >= 4 is 16.9 Å². The summed E-state index contributed by atoms with van der Waals surface area (Å²) in [6.07, 6.45) is -5.89. The van der Waals surface area contributed by atoms with Crippen LogP contribution in [0.25, 0.3) is 22.6 Å². The van der Waals surface area contributed by atoms with Gasteiger partial charge < -0.3 is 24.8 Å². The van der Waals surface area contributed by atoms with Gasteiger partial charge in [-0.3, -0.25) is 14.7 Å². The molecule has 1 aliphatic rings. The lowest BCUT2D eigenvalue weighted by Gasteiger charge is -2.19. The van der Waals surface area contributed by atoms with E-state index in [1.165, 1.54) is 16.7 Å². The number of fused-ring (bicyclic) bond motifs is 1. The van der Waals surface area contributed by atoms with Gasteiger partial charge >= 0.3 is 6.08 Å². The summed E-state index contributed by atoms with van der Waals surface area (Å²) >= 11 is 0. The van der Waals surface area contributed by atoms with Crippen LogP contribution in [0.15, 0.2) is 54.6 Å². The number of rotatable bonds is 8. The number of ether oxygens (including phenoxy) is 2. The van der Waals surface area contributed by atoms with Gasteiger partial charge in [-0.15, -0.1) is 0 Å². The smallest absolute Gasteiger partial charge is 0.314 e. The van der Waals surface area contributed by atoms with Crippen LogP contribution in [0.2, 0.25) is 0 Å². The average Bonchev–Trinajstić information content (AvgIpc) is 3.41. The molecule has 12 nitrogen and oxygen atoms in total. The monoisotopic (exact) mass is 511 g/mol. The van der Waals surface area contributed by atoms with Crippen LogP contribution in [-0.4, -0.2) is 71.3 Å². The molecule has 4 atom stereocenters. The molecule has 0 amide bonds. The molecule has 2 aromatic heterocycles. The zero-order valence-electron chi connectivity index (χ0n) is 19.2. The zero-order chi connectivity index (χ0) is 26.1. The maximum Gasteiger partial charge on any atom is 0.314 e. The second kappa shape index (κ2) is 10.1. The number of nitro groups is 1. The Hall–Kier alpha value is -4.04. The van der Waals surface area contributed by atoms with Gasteiger partial charge in [0.2, 0.25) is 5.88 Å². The third kappa shape index (κ3) is 4.72. The van der Waals surface area contributed by atoms with Crippen LogP contribution in [-0.2, 0) is 11.2 Å². The lowest BCUT2D eigenvalue weighted by molar-refractivity contribution is -0.384. The molecular formula is C24H22FN5O7. The number of halogens is 1. The predicted molar refractivity (Wildman–Crippen MR) is 126 cm³/mol. The van der Waals surface area contributed by atoms with E-state index in [1.54, 1.807) is 42.5 Å². The molecule has 3 N–H and O–H groups in total. The number of imidazole rings is 1. The van der Waals surface area contributed by atoms with Gasteiger partial charge in [-0.1, -0.05) is 42.5 Å². The maximum atomic E-state index is 14.6. The highest BCUT2D eigenvalue weighted by Gasteiger charge is 2.45. The first-order valence-electron chi connectivity index (χ1n) is 11.4. The minimum absolute atomic E-state index is 0.0342. The topological polar surface area (TPSA) is 166 Å². The van der Waals surface area contributed by atoms with E-state index < -0.39 is 42.1 Å². The van der Waals surface area contributed by atoms with Crippen LogP contribution >= 0.6 is 0 Å². The maximum absolute atomic E-state index is 14.6. The molecule has 4 aromatic rings. The van der Waals surface area contributed by atoms with Crippen molar-refractivity contribution in [3.8, 4) is 17.3 Å². The first-order chi connectivity index (χ1) is 17.9. The predicted octanol–water partition coefficient (Wildman–Crippen LogP) is 1.77. The Bertz CT molecular complexity index is 1420. The Morgan fingerprint density at radius 2 is 1.78 bits per heavy atom. The van der Waals surface area contributed by atoms with Crippen LogP contribution in [0.1, 0.15) is 11.8 Å². The highest BCUT2D eigenvalue weighted by atomic mass is 19.1. The number of hydrogen-bond donors (Lipinski definition) is 3. The highest BCUT2D eigenvalue weighted by Crippen LogP contribution is 2.37. The van der Waals surface area contributed by atoms with Gasteiger partial charge in [-0.25, -0.2) is 4.98 Å². The van der Waals surface area contributed by atoms with Gasteiger partial charge in [0.05, 0.1) is 18.1 Å². The Balaban J connectivity index is 1.51. The first kappa shape index (κ1) is 24.6. The molecule has 1 aliphatic heterocycles. The number of nitro benzene ring substituents is 1. The molecule has 5 rings (SSSR count). The summed E-state index contributed by atoms with van der Waals surface area (Å²) in [5.41, 5.74) is 1.38. The normalized spacial score (nSPS) is 21.4. The van der Waals surface area contributed by atoms with Crippen molar-refractivity contribution in [1.82, 2.24) is 19.5 Å². The van der Waals surface area contributed by atoms with E-state index in [9.17, 15) is 29.8 Å². The lowest BCUT2D eigenvalue weighted by Crippen LogP contribution is -2.33. The molecule has 0 bridgehead atoms. The van der Waals surface area contributed by atoms with Gasteiger partial charge in [-0.2, -0.15) is 14.4 Å². The molecule has 1 saturated heterocycles. The van der Waals surface area contributed by atoms with Crippen LogP contribution in [0.5, 0.6) is 5.88 Å². The van der Waals surface area contributed by atoms with Crippen molar-refractivity contribution < 1.29 is 34.1 Å². The summed E-state index contributed by atoms with van der Waals surface area (Å²) in [4.78, 5) is 22.5. The Labute approximate surface area is 208 Å². The molecular weight excluding hydrogens is 489 g/mol. The minimum atomic E-state index is -1.46. The molecule has 0 aliphatic carbocycles. The zero-order valence-corrected chi connectivity index (χ0v) is 19.2. The van der Waals surface area contributed by atoms with E-state index in [0.29, 0.717) is 12.0 Å². The van der Waals surface area contributed by atoms with Crippen LogP contribution in [0.3, 0.4) is 0 Å². The van der Waals surface area contributed by atoms with E-state index in [0.717, 1.165) is 5.56 Å². The van der Waals surface area contributed by atoms with Crippen LogP contribution < -0.4 is 4.74 Å². The van der Waals surface area contributed by atoms with Gasteiger partial charge in [0, 0.05) is 24.1 Å². The first-order valence-corrected chi connectivity index (χ1v) is 11.4.